The minimum atomic E-state index is -2.75. The van der Waals surface area contributed by atoms with Crippen LogP contribution in [0.4, 0.5) is 8.78 Å². The fourth-order valence-electron chi connectivity index (χ4n) is 0.658. The van der Waals surface area contributed by atoms with Crippen molar-refractivity contribution in [2.75, 3.05) is 19.8 Å². The summed E-state index contributed by atoms with van der Waals surface area (Å²) < 4.78 is 34.4. The molecule has 4 heteroatoms. The molecule has 0 saturated carbocycles. The molecule has 0 aliphatic heterocycles. The van der Waals surface area contributed by atoms with Crippen molar-refractivity contribution in [1.29, 1.82) is 0 Å². The third kappa shape index (κ3) is 11.8. The number of rotatable bonds is 5. The maximum absolute atomic E-state index is 12.2. The lowest BCUT2D eigenvalue weighted by Gasteiger charge is -2.19. The average molecular weight is 196 g/mol. The first-order chi connectivity index (χ1) is 5.71. The Bertz CT molecular complexity index is 120. The molecule has 0 bridgehead atoms. The molecule has 0 aliphatic carbocycles. The molecule has 0 aromatic heterocycles. The van der Waals surface area contributed by atoms with Crippen molar-refractivity contribution in [2.45, 2.75) is 39.2 Å². The van der Waals surface area contributed by atoms with Gasteiger partial charge in [0.1, 0.15) is 6.61 Å². The van der Waals surface area contributed by atoms with Crippen molar-refractivity contribution < 1.29 is 18.3 Å². The van der Waals surface area contributed by atoms with Crippen LogP contribution < -0.4 is 0 Å². The molecule has 0 aliphatic rings. The molecule has 0 rings (SSSR count). The zero-order valence-corrected chi connectivity index (χ0v) is 8.69. The van der Waals surface area contributed by atoms with Gasteiger partial charge in [0, 0.05) is 6.92 Å². The van der Waals surface area contributed by atoms with Gasteiger partial charge in [0.25, 0.3) is 5.92 Å². The Morgan fingerprint density at radius 2 is 1.54 bits per heavy atom. The van der Waals surface area contributed by atoms with Gasteiger partial charge >= 0.3 is 0 Å². The highest BCUT2D eigenvalue weighted by Crippen LogP contribution is 2.11. The van der Waals surface area contributed by atoms with Crippen LogP contribution in [0.1, 0.15) is 27.7 Å². The Kier molecular flexibility index (Phi) is 4.78. The molecule has 0 aromatic carbocycles. The molecule has 0 N–H and O–H groups in total. The van der Waals surface area contributed by atoms with Crippen molar-refractivity contribution in [3.8, 4) is 0 Å². The van der Waals surface area contributed by atoms with E-state index in [-0.39, 0.29) is 12.2 Å². The summed E-state index contributed by atoms with van der Waals surface area (Å²) in [6.07, 6.45) is 0. The van der Waals surface area contributed by atoms with E-state index in [1.54, 1.807) is 0 Å². The van der Waals surface area contributed by atoms with Gasteiger partial charge in [-0.1, -0.05) is 0 Å². The van der Waals surface area contributed by atoms with Crippen LogP contribution in [-0.4, -0.2) is 31.3 Å². The maximum Gasteiger partial charge on any atom is 0.268 e. The summed E-state index contributed by atoms with van der Waals surface area (Å²) >= 11 is 0. The largest absolute Gasteiger partial charge is 0.373 e. The molecule has 0 aromatic rings. The fraction of sp³-hybridized carbons (Fsp3) is 1.00. The number of hydrogen-bond acceptors (Lipinski definition) is 2. The first-order valence-electron chi connectivity index (χ1n) is 4.30. The first-order valence-corrected chi connectivity index (χ1v) is 4.30. The zero-order valence-electron chi connectivity index (χ0n) is 8.69. The van der Waals surface area contributed by atoms with Crippen LogP contribution in [-0.2, 0) is 9.47 Å². The van der Waals surface area contributed by atoms with Gasteiger partial charge in [0.2, 0.25) is 0 Å². The lowest BCUT2D eigenvalue weighted by Crippen LogP contribution is -2.24. The highest BCUT2D eigenvalue weighted by molar-refractivity contribution is 4.58. The van der Waals surface area contributed by atoms with Crippen molar-refractivity contribution in [2.24, 2.45) is 0 Å². The Balaban J connectivity index is 3.28. The molecule has 13 heavy (non-hydrogen) atoms. The molecule has 0 atom stereocenters. The Morgan fingerprint density at radius 3 is 1.92 bits per heavy atom. The molecule has 0 unspecified atom stereocenters. The van der Waals surface area contributed by atoms with E-state index in [0.717, 1.165) is 6.92 Å². The number of ether oxygens (including phenoxy) is 2. The van der Waals surface area contributed by atoms with Crippen LogP contribution in [0.3, 0.4) is 0 Å². The van der Waals surface area contributed by atoms with Gasteiger partial charge in [-0.05, 0) is 20.8 Å². The Labute approximate surface area is 78.2 Å². The van der Waals surface area contributed by atoms with Gasteiger partial charge in [-0.15, -0.1) is 0 Å². The summed E-state index contributed by atoms with van der Waals surface area (Å²) in [6.45, 7) is 6.56. The topological polar surface area (TPSA) is 18.5 Å². The van der Waals surface area contributed by atoms with E-state index < -0.39 is 12.5 Å². The summed E-state index contributed by atoms with van der Waals surface area (Å²) in [6, 6.07) is 0. The van der Waals surface area contributed by atoms with Gasteiger partial charge in [-0.25, -0.2) is 8.78 Å². The molecule has 80 valence electrons. The standard InChI is InChI=1S/C9H18F2O2/c1-8(2,3)13-6-5-12-7-9(4,10)11/h5-7H2,1-4H3. The maximum atomic E-state index is 12.2. The second kappa shape index (κ2) is 4.86. The molecule has 0 heterocycles. The molecule has 0 fully saturated rings. The SMILES string of the molecule is CC(F)(F)COCCOC(C)(C)C. The van der Waals surface area contributed by atoms with Crippen molar-refractivity contribution >= 4 is 0 Å². The minimum Gasteiger partial charge on any atom is -0.373 e. The quantitative estimate of drug-likeness (QED) is 0.629. The van der Waals surface area contributed by atoms with Crippen molar-refractivity contribution in [3.63, 3.8) is 0 Å². The highest BCUT2D eigenvalue weighted by atomic mass is 19.3. The molecule has 0 saturated heterocycles. The van der Waals surface area contributed by atoms with E-state index in [2.05, 4.69) is 0 Å². The highest BCUT2D eigenvalue weighted by Gasteiger charge is 2.20. The lowest BCUT2D eigenvalue weighted by atomic mass is 10.2. The lowest BCUT2D eigenvalue weighted by molar-refractivity contribution is -0.0870. The van der Waals surface area contributed by atoms with Crippen LogP contribution in [0.5, 0.6) is 0 Å². The van der Waals surface area contributed by atoms with Gasteiger partial charge < -0.3 is 9.47 Å². The van der Waals surface area contributed by atoms with Gasteiger partial charge in [0.05, 0.1) is 18.8 Å². The van der Waals surface area contributed by atoms with Crippen LogP contribution in [0.2, 0.25) is 0 Å². The number of alkyl halides is 2. The van der Waals surface area contributed by atoms with Crippen LogP contribution in [0.15, 0.2) is 0 Å². The molecule has 0 radical (unpaired) electrons. The molecule has 2 nitrogen and oxygen atoms in total. The summed E-state index contributed by atoms with van der Waals surface area (Å²) in [5, 5.41) is 0. The van der Waals surface area contributed by atoms with E-state index in [0.29, 0.717) is 6.61 Å². The van der Waals surface area contributed by atoms with Crippen LogP contribution in [0, 0.1) is 0 Å². The third-order valence-electron chi connectivity index (χ3n) is 1.12. The number of hydrogen-bond donors (Lipinski definition) is 0. The van der Waals surface area contributed by atoms with Crippen LogP contribution in [0.25, 0.3) is 0 Å². The van der Waals surface area contributed by atoms with E-state index >= 15 is 0 Å². The van der Waals surface area contributed by atoms with Gasteiger partial charge in [-0.2, -0.15) is 0 Å². The molecular weight excluding hydrogens is 178 g/mol. The zero-order chi connectivity index (χ0) is 10.5. The Hall–Kier alpha value is -0.220. The van der Waals surface area contributed by atoms with E-state index in [1.807, 2.05) is 20.8 Å². The van der Waals surface area contributed by atoms with Gasteiger partial charge in [0.15, 0.2) is 0 Å². The minimum absolute atomic E-state index is 0.209. The molecular formula is C9H18F2O2. The van der Waals surface area contributed by atoms with Crippen molar-refractivity contribution in [3.05, 3.63) is 0 Å². The van der Waals surface area contributed by atoms with E-state index in [1.165, 1.54) is 0 Å². The number of halogens is 2. The summed E-state index contributed by atoms with van der Waals surface area (Å²) in [4.78, 5) is 0. The van der Waals surface area contributed by atoms with Crippen molar-refractivity contribution in [1.82, 2.24) is 0 Å². The second-order valence-corrected chi connectivity index (χ2v) is 4.08. The summed E-state index contributed by atoms with van der Waals surface area (Å²) in [5.41, 5.74) is -0.238. The Morgan fingerprint density at radius 1 is 1.00 bits per heavy atom. The first kappa shape index (κ1) is 12.8. The van der Waals surface area contributed by atoms with E-state index in [4.69, 9.17) is 9.47 Å². The average Bonchev–Trinajstić information content (AvgIpc) is 1.81. The van der Waals surface area contributed by atoms with Crippen LogP contribution >= 0.6 is 0 Å². The summed E-state index contributed by atoms with van der Waals surface area (Å²) in [7, 11) is 0. The third-order valence-corrected chi connectivity index (χ3v) is 1.12. The smallest absolute Gasteiger partial charge is 0.268 e. The predicted molar refractivity (Wildman–Crippen MR) is 47.1 cm³/mol. The monoisotopic (exact) mass is 196 g/mol. The predicted octanol–water partition coefficient (Wildman–Crippen LogP) is 2.47. The normalized spacial score (nSPS) is 13.4. The molecule has 0 amide bonds. The molecule has 0 spiro atoms. The fourth-order valence-corrected chi connectivity index (χ4v) is 0.658. The van der Waals surface area contributed by atoms with Gasteiger partial charge in [-0.3, -0.25) is 0 Å². The second-order valence-electron chi connectivity index (χ2n) is 4.08. The van der Waals surface area contributed by atoms with E-state index in [9.17, 15) is 8.78 Å². The summed E-state index contributed by atoms with van der Waals surface area (Å²) in [5.74, 6) is -2.75.